The monoisotopic (exact) mass is 1030 g/mol. The number of phenols is 1. The molecule has 2 aromatic heterocycles. The average Bonchev–Trinajstić information content (AvgIpc) is 3.43. The normalized spacial score (nSPS) is 14.7. The molecular weight excluding hydrogens is 953 g/mol. The van der Waals surface area contributed by atoms with E-state index in [4.69, 9.17) is 15.8 Å². The van der Waals surface area contributed by atoms with Gasteiger partial charge in [-0.3, -0.25) is 44.8 Å². The van der Waals surface area contributed by atoms with Crippen molar-refractivity contribution >= 4 is 59.2 Å². The molecule has 19 nitrogen and oxygen atoms in total. The Morgan fingerprint density at radius 1 is 0.960 bits per heavy atom. The number of carbonyl (C=O) groups excluding carboxylic acids is 5. The Balaban J connectivity index is 0.000000239. The van der Waals surface area contributed by atoms with Crippen LogP contribution in [-0.4, -0.2) is 169 Å². The number of aryl methyl sites for hydroxylation is 1. The van der Waals surface area contributed by atoms with E-state index in [1.807, 2.05) is 87.3 Å². The molecule has 0 saturated carbocycles. The van der Waals surface area contributed by atoms with Gasteiger partial charge in [0.2, 0.25) is 12.3 Å². The molecule has 3 aliphatic heterocycles. The van der Waals surface area contributed by atoms with Crippen LogP contribution in [0.3, 0.4) is 0 Å². The zero-order valence-corrected chi connectivity index (χ0v) is 45.1. The SMILES string of the molecule is CCC(=O)N1CCC(N(C)C2=C(N(C)C=O)CNc3ccc(-c4ccc(C)nc4)nc32)CC1.CNC(=O)C(=N)N(C(=N)c1ccc(O)c(C(C)C)c1)c1ccc(CN2CCN(C)CC2)cc1.COC(=O)CCCC=O. The third kappa shape index (κ3) is 15.8. The van der Waals surface area contributed by atoms with Crippen LogP contribution in [0.25, 0.3) is 17.0 Å². The van der Waals surface area contributed by atoms with Crippen LogP contribution in [0.1, 0.15) is 93.3 Å². The van der Waals surface area contributed by atoms with Gasteiger partial charge in [-0.15, -0.1) is 0 Å². The van der Waals surface area contributed by atoms with E-state index in [0.29, 0.717) is 49.0 Å². The number of aromatic nitrogens is 2. The second-order valence-corrected chi connectivity index (χ2v) is 19.1. The molecule has 5 heterocycles. The standard InChI is InChI=1S/C25H32N6O2.C25H34N6O2.C6H10O3/c1-5-23(33)31-12-10-19(11-13-31)30(4)25-22(29(3)16-32)15-27-21-9-8-20(28-24(21)25)18-7-6-17(2)26-14-18;1-17(2)21-15-19(7-10-22(21)32)23(26)31(24(27)25(33)28-3)20-8-5-18(6-9-20)16-30-13-11-29(4)12-14-30;1-9-6(8)4-2-3-5-7/h6-9,14,16,19,27H,5,10-13,15H2,1-4H3;5-10,15,17,26-27,32H,11-14,16H2,1-4H3,(H,28,33);5H,2-4H2,1H3. The summed E-state index contributed by atoms with van der Waals surface area (Å²) < 4.78 is 4.34. The minimum Gasteiger partial charge on any atom is -0.508 e. The van der Waals surface area contributed by atoms with Crippen molar-refractivity contribution in [1.82, 2.24) is 39.8 Å². The summed E-state index contributed by atoms with van der Waals surface area (Å²) in [6.45, 7) is 14.8. The molecule has 0 bridgehead atoms. The first-order chi connectivity index (χ1) is 35.9. The second-order valence-electron chi connectivity index (χ2n) is 19.1. The van der Waals surface area contributed by atoms with Crippen LogP contribution in [-0.2, 0) is 35.3 Å². The maximum atomic E-state index is 12.3. The largest absolute Gasteiger partial charge is 0.508 e. The van der Waals surface area contributed by atoms with Crippen molar-refractivity contribution in [2.45, 2.75) is 84.7 Å². The number of piperidine rings is 1. The molecule has 0 spiro atoms. The first-order valence-corrected chi connectivity index (χ1v) is 25.6. The van der Waals surface area contributed by atoms with E-state index in [1.54, 1.807) is 30.1 Å². The van der Waals surface area contributed by atoms with Crippen molar-refractivity contribution < 1.29 is 33.8 Å². The molecule has 4 aromatic rings. The molecule has 0 unspecified atom stereocenters. The highest BCUT2D eigenvalue weighted by Gasteiger charge is 2.32. The van der Waals surface area contributed by atoms with E-state index in [0.717, 1.165) is 117 Å². The number of esters is 1. The molecule has 7 rings (SSSR count). The zero-order valence-electron chi connectivity index (χ0n) is 45.1. The molecular formula is C56H76N12O7. The number of nitrogens with zero attached hydrogens (tertiary/aromatic N) is 8. The lowest BCUT2D eigenvalue weighted by Gasteiger charge is -2.41. The quantitative estimate of drug-likeness (QED) is 0.0289. The Labute approximate surface area is 441 Å². The Bertz CT molecular complexity index is 2640. The molecule has 2 fully saturated rings. The third-order valence-electron chi connectivity index (χ3n) is 13.6. The molecule has 19 heteroatoms. The van der Waals surface area contributed by atoms with Crippen LogP contribution < -0.4 is 15.5 Å². The van der Waals surface area contributed by atoms with E-state index in [-0.39, 0.29) is 41.3 Å². The first kappa shape index (κ1) is 58.4. The summed E-state index contributed by atoms with van der Waals surface area (Å²) >= 11 is 0. The summed E-state index contributed by atoms with van der Waals surface area (Å²) in [5.74, 6) is -0.727. The lowest BCUT2D eigenvalue weighted by atomic mass is 9.98. The number of unbranched alkanes of at least 4 members (excludes halogenated alkanes) is 1. The van der Waals surface area contributed by atoms with Gasteiger partial charge in [-0.05, 0) is 105 Å². The average molecular weight is 1030 g/mol. The molecule has 0 atom stereocenters. The van der Waals surface area contributed by atoms with Crippen molar-refractivity contribution in [2.24, 2.45) is 0 Å². The maximum absolute atomic E-state index is 12.3. The van der Waals surface area contributed by atoms with Gasteiger partial charge in [-0.25, -0.2) is 4.98 Å². The number of rotatable bonds is 15. The smallest absolute Gasteiger partial charge is 0.305 e. The van der Waals surface area contributed by atoms with E-state index in [2.05, 4.69) is 49.1 Å². The number of hydrogen-bond donors (Lipinski definition) is 5. The van der Waals surface area contributed by atoms with Gasteiger partial charge in [0.1, 0.15) is 23.6 Å². The van der Waals surface area contributed by atoms with Gasteiger partial charge in [0.15, 0.2) is 5.84 Å². The Morgan fingerprint density at radius 2 is 1.65 bits per heavy atom. The summed E-state index contributed by atoms with van der Waals surface area (Å²) in [6.07, 6.45) is 7.16. The fourth-order valence-electron chi connectivity index (χ4n) is 8.93. The fourth-order valence-corrected chi connectivity index (χ4v) is 8.93. The highest BCUT2D eigenvalue weighted by Crippen LogP contribution is 2.37. The highest BCUT2D eigenvalue weighted by molar-refractivity contribution is 6.48. The lowest BCUT2D eigenvalue weighted by Crippen LogP contribution is -2.46. The minimum atomic E-state index is -0.580. The van der Waals surface area contributed by atoms with E-state index < -0.39 is 5.91 Å². The van der Waals surface area contributed by atoms with Gasteiger partial charge in [-0.2, -0.15) is 0 Å². The van der Waals surface area contributed by atoms with Crippen LogP contribution in [0.5, 0.6) is 5.75 Å². The number of phenolic OH excluding ortho intramolecular Hbond substituents is 1. The van der Waals surface area contributed by atoms with Gasteiger partial charge in [0.25, 0.3) is 5.91 Å². The number of amides is 3. The van der Waals surface area contributed by atoms with E-state index in [1.165, 1.54) is 19.1 Å². The number of likely N-dealkylation sites (tertiary alicyclic amines) is 1. The summed E-state index contributed by atoms with van der Waals surface area (Å²) in [6, 6.07) is 20.9. The Morgan fingerprint density at radius 3 is 2.24 bits per heavy atom. The molecule has 0 radical (unpaired) electrons. The van der Waals surface area contributed by atoms with Crippen molar-refractivity contribution in [1.29, 1.82) is 10.8 Å². The number of piperazine rings is 1. The topological polar surface area (TPSA) is 232 Å². The van der Waals surface area contributed by atoms with Crippen LogP contribution in [0.2, 0.25) is 0 Å². The minimum absolute atomic E-state index is 0.00248. The number of anilines is 2. The van der Waals surface area contributed by atoms with E-state index in [9.17, 15) is 29.1 Å². The number of pyridine rings is 2. The molecule has 2 aromatic carbocycles. The molecule has 75 heavy (non-hydrogen) atoms. The predicted molar refractivity (Wildman–Crippen MR) is 294 cm³/mol. The predicted octanol–water partition coefficient (Wildman–Crippen LogP) is 6.31. The number of hydrogen-bond acceptors (Lipinski definition) is 15. The molecule has 3 amide bonds. The van der Waals surface area contributed by atoms with Crippen LogP contribution in [0.15, 0.2) is 78.6 Å². The number of aromatic hydroxyl groups is 1. The Hall–Kier alpha value is -7.51. The number of fused-ring (bicyclic) bond motifs is 1. The van der Waals surface area contributed by atoms with Crippen molar-refractivity contribution in [3.63, 3.8) is 0 Å². The number of methoxy groups -OCH3 is 1. The van der Waals surface area contributed by atoms with Gasteiger partial charge < -0.3 is 44.9 Å². The van der Waals surface area contributed by atoms with Gasteiger partial charge in [0, 0.05) is 121 Å². The number of likely N-dealkylation sites (N-methyl/N-ethyl adjacent to an activating group) is 3. The first-order valence-electron chi connectivity index (χ1n) is 25.6. The van der Waals surface area contributed by atoms with Crippen LogP contribution in [0.4, 0.5) is 11.4 Å². The maximum Gasteiger partial charge on any atom is 0.305 e. The van der Waals surface area contributed by atoms with Crippen LogP contribution in [0, 0.1) is 17.7 Å². The Kier molecular flexibility index (Phi) is 22.0. The zero-order chi connectivity index (χ0) is 54.8. The lowest BCUT2D eigenvalue weighted by molar-refractivity contribution is -0.140. The summed E-state index contributed by atoms with van der Waals surface area (Å²) in [5, 5.41) is 33.3. The number of aldehydes is 1. The molecule has 0 aliphatic carbocycles. The molecule has 3 aliphatic rings. The van der Waals surface area contributed by atoms with Gasteiger partial charge >= 0.3 is 5.97 Å². The highest BCUT2D eigenvalue weighted by atomic mass is 16.5. The number of benzene rings is 2. The summed E-state index contributed by atoms with van der Waals surface area (Å²) in [5.41, 5.74) is 9.32. The number of ether oxygens (including phenoxy) is 1. The van der Waals surface area contributed by atoms with Crippen LogP contribution >= 0.6 is 0 Å². The van der Waals surface area contributed by atoms with Crippen molar-refractivity contribution in [2.75, 3.05) is 91.3 Å². The fraction of sp³-hybridized carbons (Fsp3) is 0.446. The number of nitrogens with one attached hydrogen (secondary N) is 4. The van der Waals surface area contributed by atoms with Crippen molar-refractivity contribution in [3.8, 4) is 17.0 Å². The second kappa shape index (κ2) is 28.2. The van der Waals surface area contributed by atoms with Gasteiger partial charge in [-0.1, -0.05) is 32.9 Å². The third-order valence-corrected chi connectivity index (χ3v) is 13.6. The summed E-state index contributed by atoms with van der Waals surface area (Å²) in [4.78, 5) is 77.5. The number of carbonyl (C=O) groups is 5. The van der Waals surface area contributed by atoms with E-state index >= 15 is 0 Å². The molecule has 2 saturated heterocycles. The number of amidine groups is 2. The summed E-state index contributed by atoms with van der Waals surface area (Å²) in [7, 11) is 8.79. The van der Waals surface area contributed by atoms with Crippen molar-refractivity contribution in [3.05, 3.63) is 107 Å². The molecule has 5 N–H and O–H groups in total. The molecule has 402 valence electrons. The van der Waals surface area contributed by atoms with Gasteiger partial charge in [0.05, 0.1) is 36.4 Å².